The molecule has 0 saturated carbocycles. The normalized spacial score (nSPS) is 13.4. The van der Waals surface area contributed by atoms with Gasteiger partial charge in [-0.3, -0.25) is 9.48 Å². The minimum absolute atomic E-state index is 0.0140. The maximum atomic E-state index is 13.5. The van der Waals surface area contributed by atoms with Gasteiger partial charge in [-0.25, -0.2) is 4.79 Å². The number of carbonyl (C=O) groups excluding carboxylic acids is 2. The van der Waals surface area contributed by atoms with Crippen LogP contribution in [-0.4, -0.2) is 43.7 Å². The third-order valence-electron chi connectivity index (χ3n) is 7.53. The number of carbonyl (C=O) groups is 2. The van der Waals surface area contributed by atoms with Crippen molar-refractivity contribution < 1.29 is 38.7 Å². The highest BCUT2D eigenvalue weighted by molar-refractivity contribution is 6.06. The van der Waals surface area contributed by atoms with Gasteiger partial charge in [0.25, 0.3) is 5.91 Å². The predicted octanol–water partition coefficient (Wildman–Crippen LogP) is 4.64. The highest BCUT2D eigenvalue weighted by Crippen LogP contribution is 2.57. The number of nitrogens with zero attached hydrogens (tertiary/aromatic N) is 3. The number of phenolic OH excluding ortho intramolecular Hbond substituents is 2. The van der Waals surface area contributed by atoms with Crippen molar-refractivity contribution in [1.82, 2.24) is 15.0 Å². The average Bonchev–Trinajstić information content (AvgIpc) is 3.58. The summed E-state index contributed by atoms with van der Waals surface area (Å²) in [5.41, 5.74) is 1.43. The molecule has 0 atom stereocenters. The van der Waals surface area contributed by atoms with E-state index in [9.17, 15) is 19.8 Å². The van der Waals surface area contributed by atoms with Gasteiger partial charge < -0.3 is 34.5 Å². The lowest BCUT2D eigenvalue weighted by atomic mass is 9.77. The van der Waals surface area contributed by atoms with E-state index in [0.717, 1.165) is 0 Å². The van der Waals surface area contributed by atoms with Gasteiger partial charge in [0.1, 0.15) is 53.4 Å². The Balaban J connectivity index is 1.21. The van der Waals surface area contributed by atoms with Crippen molar-refractivity contribution in [2.75, 3.05) is 11.9 Å². The van der Waals surface area contributed by atoms with Gasteiger partial charge in [-0.2, -0.15) is 0 Å². The second kappa shape index (κ2) is 10.9. The van der Waals surface area contributed by atoms with E-state index >= 15 is 0 Å². The highest BCUT2D eigenvalue weighted by atomic mass is 16.6. The number of aromatic hydroxyl groups is 2. The lowest BCUT2D eigenvalue weighted by Crippen LogP contribution is -2.32. The number of hydrogen-bond donors (Lipinski definition) is 3. The van der Waals surface area contributed by atoms with Crippen molar-refractivity contribution in [2.24, 2.45) is 7.05 Å². The minimum Gasteiger partial charge on any atom is -0.508 e. The van der Waals surface area contributed by atoms with E-state index in [2.05, 4.69) is 21.5 Å². The summed E-state index contributed by atoms with van der Waals surface area (Å²) in [5.74, 6) is 2.38. The molecule has 12 nitrogen and oxygen atoms in total. The number of anilines is 1. The van der Waals surface area contributed by atoms with Crippen LogP contribution in [0.4, 0.5) is 5.69 Å². The third-order valence-corrected chi connectivity index (χ3v) is 7.53. The van der Waals surface area contributed by atoms with E-state index in [1.807, 2.05) is 0 Å². The first-order chi connectivity index (χ1) is 22.2. The summed E-state index contributed by atoms with van der Waals surface area (Å²) in [4.78, 5) is 26.9. The number of fused-ring (bicyclic) bond motifs is 6. The molecular formula is C34H24N4O8. The summed E-state index contributed by atoms with van der Waals surface area (Å²) >= 11 is 0. The molecule has 7 rings (SSSR count). The Bertz CT molecular complexity index is 2050. The second-order valence-electron chi connectivity index (χ2n) is 10.6. The Labute approximate surface area is 261 Å². The summed E-state index contributed by atoms with van der Waals surface area (Å²) < 4.78 is 25.1. The molecule has 0 fully saturated rings. The fourth-order valence-corrected chi connectivity index (χ4v) is 5.60. The lowest BCUT2D eigenvalue weighted by molar-refractivity contribution is 0.0224. The Kier molecular flexibility index (Phi) is 6.71. The molecule has 1 spiro atoms. The minimum atomic E-state index is -1.42. The SMILES string of the molecule is C#CCOc1cc(OCc2cn(C)nn2)cc(C(=O)Nc2ccc3c(c2)C(=O)OC32c3ccc(O)cc3Oc3cc(O)ccc32)c1. The molecule has 4 aromatic carbocycles. The number of aromatic nitrogens is 3. The van der Waals surface area contributed by atoms with Crippen molar-refractivity contribution in [3.63, 3.8) is 0 Å². The molecule has 3 heterocycles. The van der Waals surface area contributed by atoms with Crippen molar-refractivity contribution in [3.8, 4) is 46.8 Å². The number of aryl methyl sites for hydroxylation is 1. The molecule has 0 unspecified atom stereocenters. The molecule has 0 bridgehead atoms. The summed E-state index contributed by atoms with van der Waals surface area (Å²) in [6, 6.07) is 18.6. The summed E-state index contributed by atoms with van der Waals surface area (Å²) in [5, 5.41) is 31.0. The number of amides is 1. The number of benzene rings is 4. The quantitative estimate of drug-likeness (QED) is 0.174. The van der Waals surface area contributed by atoms with Gasteiger partial charge in [-0.1, -0.05) is 17.2 Å². The van der Waals surface area contributed by atoms with Crippen LogP contribution in [0.25, 0.3) is 0 Å². The molecular weight excluding hydrogens is 592 g/mol. The van der Waals surface area contributed by atoms with Crippen molar-refractivity contribution in [2.45, 2.75) is 12.2 Å². The molecule has 12 heteroatoms. The zero-order valence-corrected chi connectivity index (χ0v) is 24.2. The maximum Gasteiger partial charge on any atom is 0.340 e. The molecule has 2 aliphatic heterocycles. The number of phenols is 2. The van der Waals surface area contributed by atoms with Crippen LogP contribution in [0.15, 0.2) is 79.0 Å². The van der Waals surface area contributed by atoms with Gasteiger partial charge in [0, 0.05) is 53.2 Å². The zero-order chi connectivity index (χ0) is 32.0. The molecule has 0 radical (unpaired) electrons. The first kappa shape index (κ1) is 28.3. The van der Waals surface area contributed by atoms with Crippen LogP contribution < -0.4 is 19.5 Å². The average molecular weight is 617 g/mol. The zero-order valence-electron chi connectivity index (χ0n) is 24.2. The lowest BCUT2D eigenvalue weighted by Gasteiger charge is -2.36. The first-order valence-corrected chi connectivity index (χ1v) is 14.0. The predicted molar refractivity (Wildman–Crippen MR) is 162 cm³/mol. The van der Waals surface area contributed by atoms with Gasteiger partial charge in [0.05, 0.1) is 11.8 Å². The molecule has 0 saturated heterocycles. The van der Waals surface area contributed by atoms with Crippen molar-refractivity contribution in [3.05, 3.63) is 113 Å². The first-order valence-electron chi connectivity index (χ1n) is 14.0. The number of hydrogen-bond acceptors (Lipinski definition) is 10. The highest BCUT2D eigenvalue weighted by Gasteiger charge is 2.53. The Morgan fingerprint density at radius 1 is 0.957 bits per heavy atom. The smallest absolute Gasteiger partial charge is 0.340 e. The Hall–Kier alpha value is -6.48. The van der Waals surface area contributed by atoms with Gasteiger partial charge >= 0.3 is 5.97 Å². The van der Waals surface area contributed by atoms with Crippen LogP contribution in [-0.2, 0) is 24.0 Å². The third kappa shape index (κ3) is 4.86. The Morgan fingerprint density at radius 3 is 2.28 bits per heavy atom. The Morgan fingerprint density at radius 2 is 1.63 bits per heavy atom. The van der Waals surface area contributed by atoms with Gasteiger partial charge in [0.2, 0.25) is 0 Å². The molecule has 228 valence electrons. The van der Waals surface area contributed by atoms with Gasteiger partial charge in [-0.15, -0.1) is 11.5 Å². The number of nitrogens with one attached hydrogen (secondary N) is 1. The van der Waals surface area contributed by atoms with E-state index in [4.69, 9.17) is 25.4 Å². The van der Waals surface area contributed by atoms with E-state index in [1.165, 1.54) is 36.4 Å². The largest absolute Gasteiger partial charge is 0.508 e. The number of esters is 1. The van der Waals surface area contributed by atoms with Crippen LogP contribution in [0.3, 0.4) is 0 Å². The van der Waals surface area contributed by atoms with E-state index in [1.54, 1.807) is 54.3 Å². The summed E-state index contributed by atoms with van der Waals surface area (Å²) in [6.45, 7) is 0.0958. The van der Waals surface area contributed by atoms with Gasteiger partial charge in [-0.05, 0) is 48.5 Å². The molecule has 1 aromatic heterocycles. The monoisotopic (exact) mass is 616 g/mol. The van der Waals surface area contributed by atoms with E-state index in [-0.39, 0.29) is 47.3 Å². The summed E-state index contributed by atoms with van der Waals surface area (Å²) in [7, 11) is 1.74. The number of ether oxygens (including phenoxy) is 4. The van der Waals surface area contributed by atoms with Gasteiger partial charge in [0.15, 0.2) is 5.60 Å². The van der Waals surface area contributed by atoms with Crippen LogP contribution >= 0.6 is 0 Å². The topological polar surface area (TPSA) is 154 Å². The van der Waals surface area contributed by atoms with Crippen LogP contribution in [0.1, 0.15) is 43.1 Å². The molecule has 3 N–H and O–H groups in total. The molecule has 5 aromatic rings. The standard InChI is InChI=1S/C34H24N4O8/c1-3-10-43-24-11-19(12-25(16-24)44-18-21-17-38(2)37-36-21)32(41)35-20-4-7-27-26(13-20)33(42)46-34(27)28-8-5-22(39)14-30(28)45-31-15-23(40)6-9-29(31)34/h1,4-9,11-17,39-40H,10,18H2,2H3,(H,35,41). The van der Waals surface area contributed by atoms with E-state index < -0.39 is 17.5 Å². The fourth-order valence-electron chi connectivity index (χ4n) is 5.60. The molecule has 0 aliphatic carbocycles. The van der Waals surface area contributed by atoms with Crippen LogP contribution in [0.5, 0.6) is 34.5 Å². The van der Waals surface area contributed by atoms with Crippen LogP contribution in [0.2, 0.25) is 0 Å². The second-order valence-corrected chi connectivity index (χ2v) is 10.6. The van der Waals surface area contributed by atoms with Crippen molar-refractivity contribution >= 4 is 17.6 Å². The molecule has 1 amide bonds. The maximum absolute atomic E-state index is 13.5. The number of rotatable bonds is 7. The fraction of sp³-hybridized carbons (Fsp3) is 0.118. The molecule has 2 aliphatic rings. The van der Waals surface area contributed by atoms with Crippen LogP contribution in [0, 0.1) is 12.3 Å². The van der Waals surface area contributed by atoms with E-state index in [0.29, 0.717) is 39.6 Å². The molecule has 46 heavy (non-hydrogen) atoms. The summed E-state index contributed by atoms with van der Waals surface area (Å²) in [6.07, 6.45) is 7.06. The van der Waals surface area contributed by atoms with Crippen molar-refractivity contribution in [1.29, 1.82) is 0 Å². The number of terminal acetylenes is 1.